The summed E-state index contributed by atoms with van der Waals surface area (Å²) in [7, 11) is 0. The first-order chi connectivity index (χ1) is 17.1. The average Bonchev–Trinajstić information content (AvgIpc) is 3.31. The highest BCUT2D eigenvalue weighted by atomic mass is 35.5. The lowest BCUT2D eigenvalue weighted by Gasteiger charge is -2.23. The van der Waals surface area contributed by atoms with Crippen LogP contribution in [0.25, 0.3) is 22.3 Å². The molecule has 1 fully saturated rings. The summed E-state index contributed by atoms with van der Waals surface area (Å²) in [6, 6.07) is 10.8. The van der Waals surface area contributed by atoms with Crippen molar-refractivity contribution < 1.29 is 13.9 Å². The van der Waals surface area contributed by atoms with E-state index in [0.29, 0.717) is 11.4 Å². The molecule has 1 aliphatic rings. The van der Waals surface area contributed by atoms with Crippen LogP contribution in [0.15, 0.2) is 42.6 Å². The number of hydrogen-bond donors (Lipinski definition) is 2. The lowest BCUT2D eigenvalue weighted by atomic mass is 10.1. The summed E-state index contributed by atoms with van der Waals surface area (Å²) in [6.07, 6.45) is 4.83. The van der Waals surface area contributed by atoms with Crippen LogP contribution in [0.1, 0.15) is 31.1 Å². The summed E-state index contributed by atoms with van der Waals surface area (Å²) in [5, 5.41) is 8.56. The molecule has 0 radical (unpaired) electrons. The molecule has 0 saturated carbocycles. The average molecular weight is 498 g/mol. The Balaban J connectivity index is 1.39. The van der Waals surface area contributed by atoms with Crippen LogP contribution in [0.2, 0.25) is 0 Å². The zero-order chi connectivity index (χ0) is 24.2. The molecule has 1 atom stereocenters. The molecule has 5 rings (SSSR count). The molecular weight excluding hydrogens is 473 g/mol. The van der Waals surface area contributed by atoms with Gasteiger partial charge in [-0.1, -0.05) is 24.3 Å². The minimum absolute atomic E-state index is 0.0568. The van der Waals surface area contributed by atoms with E-state index in [9.17, 15) is 4.39 Å². The number of benzene rings is 2. The van der Waals surface area contributed by atoms with Gasteiger partial charge in [0, 0.05) is 29.7 Å². The highest BCUT2D eigenvalue weighted by molar-refractivity contribution is 6.18. The molecule has 2 aromatic heterocycles. The highest BCUT2D eigenvalue weighted by Gasteiger charge is 2.19. The van der Waals surface area contributed by atoms with E-state index in [2.05, 4.69) is 25.4 Å². The number of hydrogen-bond acceptors (Lipinski definition) is 8. The zero-order valence-corrected chi connectivity index (χ0v) is 19.7. The van der Waals surface area contributed by atoms with E-state index in [4.69, 9.17) is 26.8 Å². The van der Waals surface area contributed by atoms with Crippen LogP contribution in [0.4, 0.5) is 16.3 Å². The quantitative estimate of drug-likeness (QED) is 0.341. The lowest BCUT2D eigenvalue weighted by molar-refractivity contribution is -0.0366. The maximum absolute atomic E-state index is 14.7. The van der Waals surface area contributed by atoms with Crippen LogP contribution in [0.5, 0.6) is 5.75 Å². The van der Waals surface area contributed by atoms with Crippen LogP contribution in [0.3, 0.4) is 0 Å². The van der Waals surface area contributed by atoms with E-state index in [0.717, 1.165) is 42.3 Å². The number of rotatable bonds is 8. The second kappa shape index (κ2) is 10.4. The van der Waals surface area contributed by atoms with Gasteiger partial charge in [0.2, 0.25) is 11.9 Å². The molecule has 3 heterocycles. The van der Waals surface area contributed by atoms with Gasteiger partial charge in [0.15, 0.2) is 23.6 Å². The van der Waals surface area contributed by atoms with Crippen molar-refractivity contribution in [1.29, 1.82) is 0 Å². The molecule has 0 amide bonds. The first-order valence-electron chi connectivity index (χ1n) is 11.4. The molecule has 0 spiro atoms. The van der Waals surface area contributed by atoms with Crippen molar-refractivity contribution in [2.45, 2.75) is 32.0 Å². The van der Waals surface area contributed by atoms with Gasteiger partial charge in [-0.25, -0.2) is 9.07 Å². The molecule has 3 N–H and O–H groups in total. The van der Waals surface area contributed by atoms with E-state index in [1.165, 1.54) is 0 Å². The standard InChI is InChI=1S/C24H25ClFN7O2/c25-9-11-34-19-5-3-4-17(21(19)26)13-28-24-31-22(30-23(27)32-24)15-7-8-16-14-29-33(18(16)12-15)20-6-1-2-10-35-20/h3-5,7-8,12,14,20H,1-2,6,9-11,13H2,(H3,27,28,30,31,32). The van der Waals surface area contributed by atoms with E-state index in [-0.39, 0.29) is 42.9 Å². The topological polar surface area (TPSA) is 113 Å². The Labute approximate surface area is 206 Å². The summed E-state index contributed by atoms with van der Waals surface area (Å²) in [5.74, 6) is 0.655. The molecule has 0 aliphatic carbocycles. The molecule has 11 heteroatoms. The summed E-state index contributed by atoms with van der Waals surface area (Å²) in [5.41, 5.74) is 8.05. The number of anilines is 2. The van der Waals surface area contributed by atoms with Crippen molar-refractivity contribution in [3.63, 3.8) is 0 Å². The third-order valence-corrected chi connectivity index (χ3v) is 5.91. The van der Waals surface area contributed by atoms with Crippen molar-refractivity contribution in [3.8, 4) is 17.1 Å². The van der Waals surface area contributed by atoms with E-state index in [1.807, 2.05) is 29.1 Å². The molecule has 2 aromatic carbocycles. The van der Waals surface area contributed by atoms with E-state index >= 15 is 0 Å². The zero-order valence-electron chi connectivity index (χ0n) is 19.0. The van der Waals surface area contributed by atoms with Crippen molar-refractivity contribution in [3.05, 3.63) is 54.0 Å². The van der Waals surface area contributed by atoms with Crippen LogP contribution in [-0.2, 0) is 11.3 Å². The molecule has 4 aromatic rings. The fraction of sp³-hybridized carbons (Fsp3) is 0.333. The fourth-order valence-corrected chi connectivity index (χ4v) is 4.13. The van der Waals surface area contributed by atoms with E-state index < -0.39 is 5.82 Å². The predicted octanol–water partition coefficient (Wildman–Crippen LogP) is 4.54. The van der Waals surface area contributed by atoms with Gasteiger partial charge in [-0.05, 0) is 31.4 Å². The Morgan fingerprint density at radius 3 is 2.94 bits per heavy atom. The van der Waals surface area contributed by atoms with E-state index in [1.54, 1.807) is 18.2 Å². The van der Waals surface area contributed by atoms with Gasteiger partial charge in [-0.2, -0.15) is 20.1 Å². The number of nitrogens with zero attached hydrogens (tertiary/aromatic N) is 5. The highest BCUT2D eigenvalue weighted by Crippen LogP contribution is 2.29. The number of halogens is 2. The second-order valence-electron chi connectivity index (χ2n) is 8.15. The number of ether oxygens (including phenoxy) is 2. The monoisotopic (exact) mass is 497 g/mol. The van der Waals surface area contributed by atoms with Gasteiger partial charge >= 0.3 is 0 Å². The minimum Gasteiger partial charge on any atom is -0.489 e. The Hall–Kier alpha value is -3.50. The number of nitrogen functional groups attached to an aromatic ring is 1. The van der Waals surface area contributed by atoms with Crippen LogP contribution >= 0.6 is 11.6 Å². The largest absolute Gasteiger partial charge is 0.489 e. The van der Waals surface area contributed by atoms with Crippen molar-refractivity contribution in [2.75, 3.05) is 30.1 Å². The normalized spacial score (nSPS) is 15.9. The van der Waals surface area contributed by atoms with Gasteiger partial charge in [0.05, 0.1) is 17.6 Å². The maximum Gasteiger partial charge on any atom is 0.228 e. The maximum atomic E-state index is 14.7. The van der Waals surface area contributed by atoms with Crippen molar-refractivity contribution in [1.82, 2.24) is 24.7 Å². The molecule has 9 nitrogen and oxygen atoms in total. The molecule has 1 aliphatic heterocycles. The SMILES string of the molecule is Nc1nc(NCc2cccc(OCCCl)c2F)nc(-c2ccc3cnn(C4CCCCO4)c3c2)n1. The smallest absolute Gasteiger partial charge is 0.228 e. The Kier molecular flexibility index (Phi) is 6.91. The number of alkyl halides is 1. The van der Waals surface area contributed by atoms with Crippen LogP contribution < -0.4 is 15.8 Å². The first kappa shape index (κ1) is 23.3. The number of aromatic nitrogens is 5. The summed E-state index contributed by atoms with van der Waals surface area (Å²) >= 11 is 5.63. The van der Waals surface area contributed by atoms with Gasteiger partial charge < -0.3 is 20.5 Å². The molecule has 0 bridgehead atoms. The number of nitrogens with one attached hydrogen (secondary N) is 1. The third kappa shape index (κ3) is 5.13. The summed E-state index contributed by atoms with van der Waals surface area (Å²) < 4.78 is 27.9. The van der Waals surface area contributed by atoms with Gasteiger partial charge in [-0.15, -0.1) is 11.6 Å². The summed E-state index contributed by atoms with van der Waals surface area (Å²) in [6.45, 7) is 1.09. The summed E-state index contributed by atoms with van der Waals surface area (Å²) in [4.78, 5) is 13.0. The van der Waals surface area contributed by atoms with Gasteiger partial charge in [-0.3, -0.25) is 0 Å². The second-order valence-corrected chi connectivity index (χ2v) is 8.52. The molecular formula is C24H25ClFN7O2. The molecule has 35 heavy (non-hydrogen) atoms. The van der Waals surface area contributed by atoms with Crippen molar-refractivity contribution >= 4 is 34.4 Å². The van der Waals surface area contributed by atoms with Gasteiger partial charge in [0.1, 0.15) is 6.61 Å². The molecule has 1 saturated heterocycles. The first-order valence-corrected chi connectivity index (χ1v) is 12.0. The minimum atomic E-state index is -0.462. The molecule has 182 valence electrons. The Morgan fingerprint density at radius 2 is 2.11 bits per heavy atom. The number of nitrogens with two attached hydrogens (primary N) is 1. The van der Waals surface area contributed by atoms with Gasteiger partial charge in [0.25, 0.3) is 0 Å². The third-order valence-electron chi connectivity index (χ3n) is 5.75. The van der Waals surface area contributed by atoms with Crippen LogP contribution in [-0.4, -0.2) is 43.8 Å². The molecule has 1 unspecified atom stereocenters. The fourth-order valence-electron chi connectivity index (χ4n) is 4.05. The predicted molar refractivity (Wildman–Crippen MR) is 132 cm³/mol. The lowest BCUT2D eigenvalue weighted by Crippen LogP contribution is -2.18. The Bertz CT molecular complexity index is 1330. The van der Waals surface area contributed by atoms with Crippen molar-refractivity contribution in [2.24, 2.45) is 0 Å². The number of fused-ring (bicyclic) bond motifs is 1. The Morgan fingerprint density at radius 1 is 1.20 bits per heavy atom. The van der Waals surface area contributed by atoms with Crippen LogP contribution in [0, 0.1) is 5.82 Å².